The molecule has 2 heterocycles. The predicted molar refractivity (Wildman–Crippen MR) is 181 cm³/mol. The van der Waals surface area contributed by atoms with Crippen molar-refractivity contribution in [3.63, 3.8) is 0 Å². The van der Waals surface area contributed by atoms with Gasteiger partial charge in [0.15, 0.2) is 0 Å². The van der Waals surface area contributed by atoms with E-state index >= 15 is 0 Å². The third kappa shape index (κ3) is 7.79. The van der Waals surface area contributed by atoms with Crippen molar-refractivity contribution in [3.05, 3.63) is 78.4 Å². The van der Waals surface area contributed by atoms with E-state index < -0.39 is 23.4 Å². The summed E-state index contributed by atoms with van der Waals surface area (Å²) >= 11 is 0. The van der Waals surface area contributed by atoms with E-state index in [1.807, 2.05) is 81.4 Å². The molecule has 0 aliphatic carbocycles. The third-order valence-corrected chi connectivity index (χ3v) is 7.48. The van der Waals surface area contributed by atoms with Gasteiger partial charge < -0.3 is 18.6 Å². The molecule has 9 nitrogen and oxygen atoms in total. The maximum Gasteiger partial charge on any atom is 0.435 e. The van der Waals surface area contributed by atoms with Crippen LogP contribution in [0.2, 0.25) is 5.04 Å². The van der Waals surface area contributed by atoms with Crippen molar-refractivity contribution in [1.29, 1.82) is 0 Å². The lowest BCUT2D eigenvalue weighted by atomic mass is 10.1. The van der Waals surface area contributed by atoms with E-state index in [2.05, 4.69) is 20.8 Å². The predicted octanol–water partition coefficient (Wildman–Crippen LogP) is 9.02. The summed E-state index contributed by atoms with van der Waals surface area (Å²) in [5, 5.41) is 6.12. The van der Waals surface area contributed by atoms with Crippen molar-refractivity contribution in [3.8, 4) is 22.9 Å². The van der Waals surface area contributed by atoms with Gasteiger partial charge in [-0.05, 0) is 94.6 Å². The summed E-state index contributed by atoms with van der Waals surface area (Å²) < 4.78 is 26.5. The second kappa shape index (κ2) is 12.3. The molecule has 0 amide bonds. The fraction of sp³-hybridized carbons (Fsp3) is 0.361. The molecule has 0 fully saturated rings. The molecular formula is C36H41N3O6Si. The summed E-state index contributed by atoms with van der Waals surface area (Å²) in [6, 6.07) is 22.7. The molecule has 0 spiro atoms. The minimum absolute atomic E-state index is 0.00371. The Balaban J connectivity index is 1.69. The molecule has 0 unspecified atom stereocenters. The van der Waals surface area contributed by atoms with Gasteiger partial charge in [0.25, 0.3) is 0 Å². The van der Waals surface area contributed by atoms with E-state index in [1.54, 1.807) is 32.9 Å². The number of carbonyl (C=O) groups is 2. The van der Waals surface area contributed by atoms with Gasteiger partial charge in [0.2, 0.25) is 0 Å². The number of benzene rings is 3. The van der Waals surface area contributed by atoms with Crippen molar-refractivity contribution < 1.29 is 28.2 Å². The number of nitrogens with zero attached hydrogens (tertiary/aromatic N) is 3. The van der Waals surface area contributed by atoms with Crippen molar-refractivity contribution in [2.24, 2.45) is 0 Å². The van der Waals surface area contributed by atoms with Crippen LogP contribution >= 0.6 is 0 Å². The quantitative estimate of drug-likeness (QED) is 0.171. The number of ether oxygens (including phenoxy) is 3. The Morgan fingerprint density at radius 3 is 2.02 bits per heavy atom. The van der Waals surface area contributed by atoms with Crippen LogP contribution in [0, 0.1) is 0 Å². The summed E-state index contributed by atoms with van der Waals surface area (Å²) in [7, 11) is 0.245. The lowest BCUT2D eigenvalue weighted by Gasteiger charge is -2.21. The number of fused-ring (bicyclic) bond motifs is 2. The van der Waals surface area contributed by atoms with Crippen LogP contribution in [0.3, 0.4) is 0 Å². The highest BCUT2D eigenvalue weighted by Gasteiger charge is 2.28. The number of aromatic nitrogens is 3. The molecule has 5 aromatic rings. The minimum Gasteiger partial charge on any atom is -0.540 e. The molecule has 0 aliphatic heterocycles. The topological polar surface area (TPSA) is 93.8 Å². The highest BCUT2D eigenvalue weighted by atomic mass is 28.2. The Labute approximate surface area is 272 Å². The van der Waals surface area contributed by atoms with Gasteiger partial charge in [0.1, 0.15) is 35.0 Å². The molecule has 0 saturated heterocycles. The molecular weight excluding hydrogens is 598 g/mol. The molecule has 5 rings (SSSR count). The van der Waals surface area contributed by atoms with Crippen LogP contribution in [0.1, 0.15) is 67.9 Å². The van der Waals surface area contributed by atoms with E-state index in [0.29, 0.717) is 45.9 Å². The van der Waals surface area contributed by atoms with Crippen molar-refractivity contribution >= 4 is 43.8 Å². The third-order valence-electron chi connectivity index (χ3n) is 6.53. The minimum atomic E-state index is -0.752. The highest BCUT2D eigenvalue weighted by molar-refractivity contribution is 6.32. The standard InChI is InChI=1S/C36H41N3O6Si/c1-34(2,3)43-32(40)38-28-17-16-26(45-46-36(7,8)9)19-24(28)20-30(38)31-27-21-25(42-22-23-13-11-10-12-14-23)15-18-29(27)39(37-31)33(41)44-35(4,5)6/h10-21H,22H2,1-9H3. The maximum atomic E-state index is 13.8. The number of rotatable bonds is 6. The Morgan fingerprint density at radius 1 is 0.739 bits per heavy atom. The highest BCUT2D eigenvalue weighted by Crippen LogP contribution is 2.37. The molecule has 0 N–H and O–H groups in total. The molecule has 2 radical (unpaired) electrons. The van der Waals surface area contributed by atoms with Crippen LogP contribution in [-0.2, 0) is 16.1 Å². The van der Waals surface area contributed by atoms with E-state index in [9.17, 15) is 9.59 Å². The van der Waals surface area contributed by atoms with Crippen LogP contribution in [0.5, 0.6) is 11.5 Å². The van der Waals surface area contributed by atoms with Gasteiger partial charge in [-0.15, -0.1) is 0 Å². The number of hydrogen-bond acceptors (Lipinski definition) is 7. The zero-order valence-corrected chi connectivity index (χ0v) is 28.9. The van der Waals surface area contributed by atoms with Gasteiger partial charge in [-0.2, -0.15) is 9.78 Å². The van der Waals surface area contributed by atoms with Gasteiger partial charge in [0, 0.05) is 10.8 Å². The molecule has 0 atom stereocenters. The Bertz CT molecular complexity index is 1890. The summed E-state index contributed by atoms with van der Waals surface area (Å²) in [5.41, 5.74) is 1.49. The summed E-state index contributed by atoms with van der Waals surface area (Å²) in [6.45, 7) is 17.6. The molecule has 10 heteroatoms. The lowest BCUT2D eigenvalue weighted by Crippen LogP contribution is -2.28. The fourth-order valence-electron chi connectivity index (χ4n) is 4.71. The molecule has 2 aromatic heterocycles. The lowest BCUT2D eigenvalue weighted by molar-refractivity contribution is 0.0520. The average molecular weight is 640 g/mol. The normalized spacial score (nSPS) is 12.4. The molecule has 0 aliphatic rings. The van der Waals surface area contributed by atoms with Crippen molar-refractivity contribution in [2.75, 3.05) is 0 Å². The van der Waals surface area contributed by atoms with Gasteiger partial charge in [-0.3, -0.25) is 0 Å². The zero-order chi connectivity index (χ0) is 33.4. The van der Waals surface area contributed by atoms with Gasteiger partial charge in [0.05, 0.1) is 16.7 Å². The van der Waals surface area contributed by atoms with E-state index in [-0.39, 0.29) is 14.8 Å². The number of carbonyl (C=O) groups excluding carboxylic acids is 2. The summed E-state index contributed by atoms with van der Waals surface area (Å²) in [5.74, 6) is 1.27. The molecule has 3 aromatic carbocycles. The molecule has 46 heavy (non-hydrogen) atoms. The molecule has 0 bridgehead atoms. The Kier molecular flexibility index (Phi) is 8.79. The monoisotopic (exact) mass is 639 g/mol. The smallest absolute Gasteiger partial charge is 0.435 e. The largest absolute Gasteiger partial charge is 0.540 e. The second-order valence-electron chi connectivity index (χ2n) is 14.2. The summed E-state index contributed by atoms with van der Waals surface area (Å²) in [6.07, 6.45) is -1.21. The van der Waals surface area contributed by atoms with Gasteiger partial charge in [-0.1, -0.05) is 51.1 Å². The summed E-state index contributed by atoms with van der Waals surface area (Å²) in [4.78, 5) is 27.2. The zero-order valence-electron chi connectivity index (χ0n) is 27.9. The van der Waals surface area contributed by atoms with Gasteiger partial charge >= 0.3 is 21.9 Å². The first-order valence-electron chi connectivity index (χ1n) is 15.2. The van der Waals surface area contributed by atoms with Crippen molar-refractivity contribution in [2.45, 2.75) is 85.2 Å². The second-order valence-corrected chi connectivity index (χ2v) is 16.1. The Hall–Kier alpha value is -4.57. The van der Waals surface area contributed by atoms with E-state index in [4.69, 9.17) is 23.7 Å². The van der Waals surface area contributed by atoms with Crippen LogP contribution in [0.4, 0.5) is 9.59 Å². The average Bonchev–Trinajstić information content (AvgIpc) is 3.51. The van der Waals surface area contributed by atoms with Crippen LogP contribution in [-0.4, -0.2) is 47.5 Å². The molecule has 240 valence electrons. The van der Waals surface area contributed by atoms with Gasteiger partial charge in [-0.25, -0.2) is 14.2 Å². The maximum absolute atomic E-state index is 13.8. The van der Waals surface area contributed by atoms with E-state index in [0.717, 1.165) is 10.9 Å². The Morgan fingerprint density at radius 2 is 1.37 bits per heavy atom. The van der Waals surface area contributed by atoms with Crippen LogP contribution in [0.15, 0.2) is 72.8 Å². The fourth-order valence-corrected chi connectivity index (χ4v) is 5.26. The van der Waals surface area contributed by atoms with Crippen LogP contribution in [0.25, 0.3) is 33.2 Å². The van der Waals surface area contributed by atoms with E-state index in [1.165, 1.54) is 9.25 Å². The first kappa shape index (κ1) is 32.8. The number of hydrogen-bond donors (Lipinski definition) is 0. The molecule has 0 saturated carbocycles. The van der Waals surface area contributed by atoms with Crippen molar-refractivity contribution in [1.82, 2.24) is 14.3 Å². The SMILES string of the molecule is CC(C)(C)OC(=O)n1nc(-c2cc3cc(O[Si]C(C)(C)C)ccc3n2C(=O)OC(C)(C)C)c2cc(OCc3ccccc3)ccc21. The first-order chi connectivity index (χ1) is 21.5. The van der Waals surface area contributed by atoms with Crippen LogP contribution < -0.4 is 9.16 Å². The first-order valence-corrected chi connectivity index (χ1v) is 16.1.